The molecule has 0 N–H and O–H groups in total. The third-order valence-electron chi connectivity index (χ3n) is 0. The van der Waals surface area contributed by atoms with Crippen LogP contribution in [0.15, 0.2) is 0 Å². The Kier molecular flexibility index (Phi) is 21.2. The molecule has 0 fully saturated rings. The standard InChI is InChI=1S/3BF4.HI.Li.H/c3*2-1(3,4)5;;;/h;;;1H;;/q3*-1;;+1;-1. The third-order valence-corrected chi connectivity index (χ3v) is 0. The Balaban J connectivity index is -0.0000000277. The zero-order valence-corrected chi connectivity index (χ0v) is 10.0. The fourth-order valence-electron chi connectivity index (χ4n) is 0. The smallest absolute Gasteiger partial charge is 1.00 e. The summed E-state index contributed by atoms with van der Waals surface area (Å²) >= 11 is 0. The molecule has 0 heterocycles. The van der Waals surface area contributed by atoms with Gasteiger partial charge >= 0.3 is 40.6 Å². The van der Waals surface area contributed by atoms with Gasteiger partial charge in [0.15, 0.2) is 0 Å². The van der Waals surface area contributed by atoms with Crippen LogP contribution in [0.25, 0.3) is 0 Å². The van der Waals surface area contributed by atoms with Gasteiger partial charge in [0.1, 0.15) is 0 Å². The summed E-state index contributed by atoms with van der Waals surface area (Å²) in [6.45, 7) is 0. The molecule has 0 amide bonds. The quantitative estimate of drug-likeness (QED) is 0.332. The Morgan fingerprint density at radius 2 is 0.412 bits per heavy atom. The van der Waals surface area contributed by atoms with Crippen LogP contribution in [-0.4, -0.2) is 21.8 Å². The Bertz CT molecular complexity index is 102. The van der Waals surface area contributed by atoms with Crippen LogP contribution in [0, 0.1) is 0 Å². The molecule has 0 aromatic rings. The van der Waals surface area contributed by atoms with Gasteiger partial charge in [-0.3, -0.25) is 0 Å². The van der Waals surface area contributed by atoms with E-state index in [-0.39, 0.29) is 44.3 Å². The topological polar surface area (TPSA) is 0 Å². The molecule has 0 aliphatic rings. The first kappa shape index (κ1) is 30.6. The zero-order chi connectivity index (χ0) is 13.5. The van der Waals surface area contributed by atoms with Gasteiger partial charge in [-0.1, -0.05) is 0 Å². The Labute approximate surface area is 118 Å². The largest absolute Gasteiger partial charge is 1.00 e. The van der Waals surface area contributed by atoms with E-state index >= 15 is 0 Å². The van der Waals surface area contributed by atoms with Crippen molar-refractivity contribution >= 4 is 45.7 Å². The summed E-state index contributed by atoms with van der Waals surface area (Å²) < 4.78 is 117. The minimum absolute atomic E-state index is 0. The fraction of sp³-hybridized carbons (Fsp3) is 0. The minimum Gasteiger partial charge on any atom is -1.00 e. The number of hydrogen-bond donors (Lipinski definition) is 0. The van der Waals surface area contributed by atoms with E-state index in [1.807, 2.05) is 0 Å². The van der Waals surface area contributed by atoms with Crippen LogP contribution in [-0.2, 0) is 0 Å². The molecule has 106 valence electrons. The van der Waals surface area contributed by atoms with E-state index in [9.17, 15) is 51.8 Å². The van der Waals surface area contributed by atoms with Crippen LogP contribution < -0.4 is 18.9 Å². The predicted octanol–water partition coefficient (Wildman–Crippen LogP) is 1.63. The van der Waals surface area contributed by atoms with Crippen molar-refractivity contribution in [1.82, 2.24) is 0 Å². The van der Waals surface area contributed by atoms with E-state index in [0.717, 1.165) is 0 Å². The number of hydrogen-bond acceptors (Lipinski definition) is 0. The summed E-state index contributed by atoms with van der Waals surface area (Å²) in [6, 6.07) is 0. The molecule has 17 heteroatoms. The molecule has 0 atom stereocenters. The Morgan fingerprint density at radius 1 is 0.412 bits per heavy atom. The molecule has 0 aliphatic heterocycles. The number of rotatable bonds is 0. The molecule has 0 saturated carbocycles. The average Bonchev–Trinajstić information content (AvgIpc) is 1.41. The van der Waals surface area contributed by atoms with E-state index in [1.54, 1.807) is 0 Å². The van der Waals surface area contributed by atoms with E-state index in [2.05, 4.69) is 0 Å². The maximum absolute atomic E-state index is 9.75. The maximum Gasteiger partial charge on any atom is 1.00 e. The third kappa shape index (κ3) is 7730. The molecular weight excluding hydrogens is 394 g/mol. The van der Waals surface area contributed by atoms with Crippen molar-refractivity contribution in [2.75, 3.05) is 0 Å². The first-order valence-electron chi connectivity index (χ1n) is 2.62. The Morgan fingerprint density at radius 3 is 0.412 bits per heavy atom. The van der Waals surface area contributed by atoms with Crippen molar-refractivity contribution in [3.63, 3.8) is 0 Å². The van der Waals surface area contributed by atoms with Gasteiger partial charge in [-0.15, -0.1) is 24.0 Å². The van der Waals surface area contributed by atoms with E-state index < -0.39 is 21.8 Å². The van der Waals surface area contributed by atoms with Gasteiger partial charge in [-0.05, 0) is 0 Å². The van der Waals surface area contributed by atoms with Crippen molar-refractivity contribution in [3.8, 4) is 0 Å². The molecule has 17 heavy (non-hydrogen) atoms. The van der Waals surface area contributed by atoms with Gasteiger partial charge < -0.3 is 53.2 Å². The van der Waals surface area contributed by atoms with Gasteiger partial charge in [0, 0.05) is 0 Å². The molecular formula is H2B3F12ILi-3. The maximum atomic E-state index is 9.75. The molecule has 0 aromatic heterocycles. The molecule has 0 bridgehead atoms. The zero-order valence-electron chi connectivity index (χ0n) is 8.68. The van der Waals surface area contributed by atoms with Crippen LogP contribution in [0.2, 0.25) is 0 Å². The van der Waals surface area contributed by atoms with Crippen LogP contribution in [0.4, 0.5) is 51.8 Å². The second-order valence-corrected chi connectivity index (χ2v) is 1.48. The van der Waals surface area contributed by atoms with Gasteiger partial charge in [0.05, 0.1) is 0 Å². The summed E-state index contributed by atoms with van der Waals surface area (Å²) in [4.78, 5) is 0. The van der Waals surface area contributed by atoms with Crippen molar-refractivity contribution in [3.05, 3.63) is 0 Å². The molecule has 0 radical (unpaired) electrons. The second kappa shape index (κ2) is 11.8. The predicted molar refractivity (Wildman–Crippen MR) is 47.1 cm³/mol. The average molecular weight is 396 g/mol. The van der Waals surface area contributed by atoms with Crippen molar-refractivity contribution in [2.24, 2.45) is 0 Å². The van der Waals surface area contributed by atoms with Crippen LogP contribution in [0.5, 0.6) is 0 Å². The van der Waals surface area contributed by atoms with E-state index in [1.165, 1.54) is 0 Å². The first-order valence-corrected chi connectivity index (χ1v) is 2.62. The van der Waals surface area contributed by atoms with Crippen molar-refractivity contribution < 1.29 is 72.1 Å². The summed E-state index contributed by atoms with van der Waals surface area (Å²) in [7, 11) is -18.0. The summed E-state index contributed by atoms with van der Waals surface area (Å²) in [5.41, 5.74) is 0. The normalized spacial score (nSPS) is 10.6. The molecule has 0 aromatic carbocycles. The first-order chi connectivity index (χ1) is 6.00. The summed E-state index contributed by atoms with van der Waals surface area (Å²) in [6.07, 6.45) is 0. The van der Waals surface area contributed by atoms with Crippen LogP contribution in [0.3, 0.4) is 0 Å². The van der Waals surface area contributed by atoms with Crippen molar-refractivity contribution in [1.29, 1.82) is 0 Å². The molecule has 0 saturated heterocycles. The van der Waals surface area contributed by atoms with Crippen molar-refractivity contribution in [2.45, 2.75) is 0 Å². The molecule has 0 unspecified atom stereocenters. The summed E-state index contributed by atoms with van der Waals surface area (Å²) in [5, 5.41) is 0. The van der Waals surface area contributed by atoms with Gasteiger partial charge in [0.25, 0.3) is 0 Å². The van der Waals surface area contributed by atoms with Crippen LogP contribution >= 0.6 is 24.0 Å². The molecule has 0 spiro atoms. The van der Waals surface area contributed by atoms with Gasteiger partial charge in [0.2, 0.25) is 0 Å². The van der Waals surface area contributed by atoms with Gasteiger partial charge in [-0.25, -0.2) is 0 Å². The van der Waals surface area contributed by atoms with E-state index in [0.29, 0.717) is 0 Å². The SMILES string of the molecule is F[B-](F)(F)F.F[B-](F)(F)F.F[B-](F)(F)F.I.[H-].[Li+]. The second-order valence-electron chi connectivity index (χ2n) is 1.48. The summed E-state index contributed by atoms with van der Waals surface area (Å²) in [5.74, 6) is 0. The van der Waals surface area contributed by atoms with Gasteiger partial charge in [-0.2, -0.15) is 0 Å². The van der Waals surface area contributed by atoms with Crippen LogP contribution in [0.1, 0.15) is 1.43 Å². The van der Waals surface area contributed by atoms with E-state index in [4.69, 9.17) is 0 Å². The monoisotopic (exact) mass is 397 g/mol. The molecule has 0 nitrogen and oxygen atoms in total. The minimum atomic E-state index is -6.00. The Hall–Kier alpha value is 0.682. The number of halogens is 13. The molecule has 0 rings (SSSR count). The molecule has 0 aliphatic carbocycles. The fourth-order valence-corrected chi connectivity index (χ4v) is 0.